The Kier molecular flexibility index (Phi) is 14.1. The van der Waals surface area contributed by atoms with E-state index in [9.17, 15) is 15.0 Å². The smallest absolute Gasteiger partial charge is 0.362 e. The first-order valence-electron chi connectivity index (χ1n) is 10.2. The molecule has 2 atom stereocenters. The Bertz CT molecular complexity index is 329. The van der Waals surface area contributed by atoms with Crippen molar-refractivity contribution >= 4 is 5.97 Å². The quantitative estimate of drug-likeness (QED) is 0.210. The van der Waals surface area contributed by atoms with Crippen LogP contribution in [0.3, 0.4) is 0 Å². The second-order valence-electron chi connectivity index (χ2n) is 8.20. The van der Waals surface area contributed by atoms with E-state index in [1.807, 2.05) is 21.1 Å². The third kappa shape index (κ3) is 14.2. The predicted octanol–water partition coefficient (Wildman–Crippen LogP) is 3.75. The summed E-state index contributed by atoms with van der Waals surface area (Å²) in [6, 6.07) is -0.392. The standard InChI is InChI=1S/C20H42N2O3/c1-5-6-7-8-9-10-11-12-13-16-19(23)21-17-14-15-18(20(24)25)22(2,3)4/h18-19,21,23H,5-17H2,1-4H3/p+1. The second-order valence-corrected chi connectivity index (χ2v) is 8.20. The summed E-state index contributed by atoms with van der Waals surface area (Å²) in [6.07, 6.45) is 13.3. The fourth-order valence-corrected chi connectivity index (χ4v) is 3.16. The maximum Gasteiger partial charge on any atom is 0.362 e. The second kappa shape index (κ2) is 14.5. The molecule has 0 saturated heterocycles. The Morgan fingerprint density at radius 1 is 0.880 bits per heavy atom. The first kappa shape index (κ1) is 24.4. The van der Waals surface area contributed by atoms with Gasteiger partial charge in [-0.25, -0.2) is 4.79 Å². The number of carbonyl (C=O) groups is 1. The highest BCUT2D eigenvalue weighted by Gasteiger charge is 2.30. The average molecular weight is 360 g/mol. The summed E-state index contributed by atoms with van der Waals surface area (Å²) >= 11 is 0. The first-order chi connectivity index (χ1) is 11.8. The van der Waals surface area contributed by atoms with Crippen molar-refractivity contribution in [2.75, 3.05) is 27.7 Å². The van der Waals surface area contributed by atoms with Gasteiger partial charge in [0.15, 0.2) is 6.04 Å². The summed E-state index contributed by atoms with van der Waals surface area (Å²) in [5.41, 5.74) is 0. The Morgan fingerprint density at radius 2 is 1.40 bits per heavy atom. The van der Waals surface area contributed by atoms with Crippen LogP contribution in [0.1, 0.15) is 84.0 Å². The van der Waals surface area contributed by atoms with Crippen LogP contribution in [-0.2, 0) is 4.79 Å². The van der Waals surface area contributed by atoms with Crippen LogP contribution in [0, 0.1) is 0 Å². The molecule has 0 heterocycles. The largest absolute Gasteiger partial charge is 0.477 e. The third-order valence-corrected chi connectivity index (χ3v) is 4.84. The van der Waals surface area contributed by atoms with E-state index >= 15 is 0 Å². The Morgan fingerprint density at radius 3 is 1.88 bits per heavy atom. The SMILES string of the molecule is CCCCCCCCCCCC(O)NCCCC(C(=O)O)[N+](C)(C)C. The molecule has 0 rings (SSSR count). The molecule has 0 aliphatic rings. The number of likely N-dealkylation sites (N-methyl/N-ethyl adjacent to an activating group) is 1. The normalized spacial score (nSPS) is 14.4. The van der Waals surface area contributed by atoms with Gasteiger partial charge < -0.3 is 14.7 Å². The van der Waals surface area contributed by atoms with Crippen molar-refractivity contribution in [1.82, 2.24) is 5.32 Å². The summed E-state index contributed by atoms with van der Waals surface area (Å²) in [6.45, 7) is 2.91. The van der Waals surface area contributed by atoms with Crippen LogP contribution in [0.4, 0.5) is 0 Å². The molecule has 0 saturated carbocycles. The molecule has 0 aliphatic heterocycles. The molecule has 150 valence electrons. The number of unbranched alkanes of at least 4 members (excludes halogenated alkanes) is 8. The van der Waals surface area contributed by atoms with Crippen LogP contribution in [0.25, 0.3) is 0 Å². The molecular weight excluding hydrogens is 316 g/mol. The van der Waals surface area contributed by atoms with E-state index < -0.39 is 18.2 Å². The van der Waals surface area contributed by atoms with Gasteiger partial charge in [0.1, 0.15) is 6.23 Å². The van der Waals surface area contributed by atoms with Gasteiger partial charge in [0.05, 0.1) is 21.1 Å². The lowest BCUT2D eigenvalue weighted by molar-refractivity contribution is -0.887. The monoisotopic (exact) mass is 359 g/mol. The van der Waals surface area contributed by atoms with Crippen LogP contribution in [0.5, 0.6) is 0 Å². The highest BCUT2D eigenvalue weighted by Crippen LogP contribution is 2.12. The van der Waals surface area contributed by atoms with Crippen LogP contribution < -0.4 is 5.32 Å². The Balaban J connectivity index is 3.55. The number of hydrogen-bond acceptors (Lipinski definition) is 3. The Labute approximate surface area is 155 Å². The third-order valence-electron chi connectivity index (χ3n) is 4.84. The highest BCUT2D eigenvalue weighted by molar-refractivity contribution is 5.72. The first-order valence-corrected chi connectivity index (χ1v) is 10.2. The summed E-state index contributed by atoms with van der Waals surface area (Å²) in [7, 11) is 5.72. The van der Waals surface area contributed by atoms with Crippen LogP contribution in [-0.4, -0.2) is 60.6 Å². The van der Waals surface area contributed by atoms with Crippen molar-refractivity contribution < 1.29 is 19.5 Å². The van der Waals surface area contributed by atoms with Crippen molar-refractivity contribution in [2.45, 2.75) is 96.2 Å². The molecule has 0 aromatic carbocycles. The van der Waals surface area contributed by atoms with Gasteiger partial charge in [0.25, 0.3) is 0 Å². The molecule has 0 bridgehead atoms. The van der Waals surface area contributed by atoms with Gasteiger partial charge >= 0.3 is 5.97 Å². The lowest BCUT2D eigenvalue weighted by Gasteiger charge is -2.31. The molecule has 0 spiro atoms. The van der Waals surface area contributed by atoms with E-state index in [0.717, 1.165) is 19.3 Å². The minimum absolute atomic E-state index is 0.392. The van der Waals surface area contributed by atoms with Gasteiger partial charge in [-0.15, -0.1) is 0 Å². The van der Waals surface area contributed by atoms with E-state index in [-0.39, 0.29) is 0 Å². The molecule has 3 N–H and O–H groups in total. The molecule has 0 amide bonds. The molecule has 0 radical (unpaired) electrons. The van der Waals surface area contributed by atoms with Crippen LogP contribution in [0.15, 0.2) is 0 Å². The molecule has 5 heteroatoms. The number of aliphatic carboxylic acids is 1. The average Bonchev–Trinajstić information content (AvgIpc) is 2.51. The predicted molar refractivity (Wildman–Crippen MR) is 105 cm³/mol. The van der Waals surface area contributed by atoms with Gasteiger partial charge in [-0.3, -0.25) is 5.32 Å². The van der Waals surface area contributed by atoms with Crippen molar-refractivity contribution in [3.63, 3.8) is 0 Å². The zero-order valence-corrected chi connectivity index (χ0v) is 17.1. The Hall–Kier alpha value is -0.650. The lowest BCUT2D eigenvalue weighted by atomic mass is 10.1. The lowest BCUT2D eigenvalue weighted by Crippen LogP contribution is -2.50. The topological polar surface area (TPSA) is 69.6 Å². The summed E-state index contributed by atoms with van der Waals surface area (Å²) in [5, 5.41) is 22.3. The minimum atomic E-state index is -0.747. The molecule has 0 fully saturated rings. The van der Waals surface area contributed by atoms with Crippen LogP contribution >= 0.6 is 0 Å². The molecule has 0 aliphatic carbocycles. The number of carboxylic acids is 1. The van der Waals surface area contributed by atoms with E-state index in [1.165, 1.54) is 51.4 Å². The zero-order chi connectivity index (χ0) is 19.1. The van der Waals surface area contributed by atoms with E-state index in [2.05, 4.69) is 12.2 Å². The molecular formula is C20H43N2O3+. The fraction of sp³-hybridized carbons (Fsp3) is 0.950. The highest BCUT2D eigenvalue weighted by atomic mass is 16.4. The number of aliphatic hydroxyl groups is 1. The number of rotatable bonds is 17. The molecule has 25 heavy (non-hydrogen) atoms. The van der Waals surface area contributed by atoms with E-state index in [1.54, 1.807) is 0 Å². The summed E-state index contributed by atoms with van der Waals surface area (Å²) < 4.78 is 0.427. The van der Waals surface area contributed by atoms with Crippen molar-refractivity contribution in [3.05, 3.63) is 0 Å². The van der Waals surface area contributed by atoms with E-state index in [0.29, 0.717) is 17.4 Å². The molecule has 0 aromatic rings. The molecule has 5 nitrogen and oxygen atoms in total. The van der Waals surface area contributed by atoms with Crippen molar-refractivity contribution in [3.8, 4) is 0 Å². The molecule has 0 aromatic heterocycles. The minimum Gasteiger partial charge on any atom is -0.477 e. The molecule has 2 unspecified atom stereocenters. The number of hydrogen-bond donors (Lipinski definition) is 3. The van der Waals surface area contributed by atoms with Crippen LogP contribution in [0.2, 0.25) is 0 Å². The van der Waals surface area contributed by atoms with Gasteiger partial charge in [0.2, 0.25) is 0 Å². The maximum absolute atomic E-state index is 11.3. The van der Waals surface area contributed by atoms with Gasteiger partial charge in [-0.2, -0.15) is 0 Å². The van der Waals surface area contributed by atoms with Gasteiger partial charge in [-0.05, 0) is 25.8 Å². The van der Waals surface area contributed by atoms with Gasteiger partial charge in [0, 0.05) is 6.42 Å². The fourth-order valence-electron chi connectivity index (χ4n) is 3.16. The number of carboxylic acid groups (broad SMARTS) is 1. The van der Waals surface area contributed by atoms with E-state index in [4.69, 9.17) is 0 Å². The van der Waals surface area contributed by atoms with Crippen molar-refractivity contribution in [1.29, 1.82) is 0 Å². The number of quaternary nitrogens is 1. The summed E-state index contributed by atoms with van der Waals surface area (Å²) in [5.74, 6) is -0.747. The zero-order valence-electron chi connectivity index (χ0n) is 17.1. The number of nitrogens with one attached hydrogen (secondary N) is 1. The summed E-state index contributed by atoms with van der Waals surface area (Å²) in [4.78, 5) is 11.3. The number of nitrogens with zero attached hydrogens (tertiary/aromatic N) is 1. The number of aliphatic hydroxyl groups excluding tert-OH is 1. The van der Waals surface area contributed by atoms with Gasteiger partial charge in [-0.1, -0.05) is 58.3 Å². The maximum atomic E-state index is 11.3. The van der Waals surface area contributed by atoms with Crippen molar-refractivity contribution in [2.24, 2.45) is 0 Å².